The highest BCUT2D eigenvalue weighted by Crippen LogP contribution is 2.40. The van der Waals surface area contributed by atoms with Crippen LogP contribution in [0.5, 0.6) is 0 Å². The Labute approximate surface area is 84.4 Å². The molecule has 1 aromatic heterocycles. The van der Waals surface area contributed by atoms with E-state index in [-0.39, 0.29) is 0 Å². The Bertz CT molecular complexity index is 314. The van der Waals surface area contributed by atoms with Crippen LogP contribution in [0.1, 0.15) is 50.8 Å². The quantitative estimate of drug-likeness (QED) is 0.569. The number of hydrazine groups is 1. The van der Waals surface area contributed by atoms with Gasteiger partial charge in [0.05, 0.1) is 11.7 Å². The zero-order valence-corrected chi connectivity index (χ0v) is 8.83. The van der Waals surface area contributed by atoms with E-state index < -0.39 is 0 Å². The summed E-state index contributed by atoms with van der Waals surface area (Å²) in [4.78, 5) is 0. The van der Waals surface area contributed by atoms with E-state index in [1.54, 1.807) is 0 Å². The van der Waals surface area contributed by atoms with Crippen LogP contribution in [-0.2, 0) is 0 Å². The molecule has 4 nitrogen and oxygen atoms in total. The van der Waals surface area contributed by atoms with Gasteiger partial charge in [-0.2, -0.15) is 5.10 Å². The highest BCUT2D eigenvalue weighted by Gasteiger charge is 2.27. The fraction of sp³-hybridized carbons (Fsp3) is 0.700. The molecule has 1 aromatic rings. The van der Waals surface area contributed by atoms with Crippen LogP contribution >= 0.6 is 0 Å². The molecule has 1 heterocycles. The maximum Gasteiger partial charge on any atom is 0.138 e. The molecule has 2 rings (SSSR count). The summed E-state index contributed by atoms with van der Waals surface area (Å²) >= 11 is 0. The standard InChI is InChI=1S/C10H18N4/c1-3-7(2)14-10(12-11)6-9(13-14)8-4-5-8/h6-8,12H,3-5,11H2,1-2H3. The van der Waals surface area contributed by atoms with Gasteiger partial charge in [0.2, 0.25) is 0 Å². The van der Waals surface area contributed by atoms with Crippen LogP contribution in [0.2, 0.25) is 0 Å². The van der Waals surface area contributed by atoms with E-state index in [1.165, 1.54) is 18.5 Å². The van der Waals surface area contributed by atoms with Gasteiger partial charge in [0.15, 0.2) is 0 Å². The SMILES string of the molecule is CCC(C)n1nc(C2CC2)cc1NN. The number of nitrogens with zero attached hydrogens (tertiary/aromatic N) is 2. The normalized spacial score (nSPS) is 18.2. The summed E-state index contributed by atoms with van der Waals surface area (Å²) in [5, 5.41) is 4.59. The first-order valence-corrected chi connectivity index (χ1v) is 5.32. The fourth-order valence-corrected chi connectivity index (χ4v) is 1.61. The fourth-order valence-electron chi connectivity index (χ4n) is 1.61. The zero-order chi connectivity index (χ0) is 10.1. The summed E-state index contributed by atoms with van der Waals surface area (Å²) in [6.07, 6.45) is 3.63. The van der Waals surface area contributed by atoms with Gasteiger partial charge in [-0.3, -0.25) is 0 Å². The molecule has 1 atom stereocenters. The predicted octanol–water partition coefficient (Wildman–Crippen LogP) is 2.02. The van der Waals surface area contributed by atoms with Crippen molar-refractivity contribution in [2.24, 2.45) is 5.84 Å². The van der Waals surface area contributed by atoms with Gasteiger partial charge in [-0.25, -0.2) is 10.5 Å². The molecular formula is C10H18N4. The second-order valence-electron chi connectivity index (χ2n) is 4.07. The van der Waals surface area contributed by atoms with Crippen molar-refractivity contribution in [3.8, 4) is 0 Å². The lowest BCUT2D eigenvalue weighted by atomic mass is 10.3. The number of nitrogen functional groups attached to an aromatic ring is 1. The maximum absolute atomic E-state index is 5.47. The number of rotatable bonds is 4. The molecule has 0 radical (unpaired) electrons. The molecule has 78 valence electrons. The minimum absolute atomic E-state index is 0.411. The first kappa shape index (κ1) is 9.52. The third-order valence-corrected chi connectivity index (χ3v) is 2.91. The second-order valence-corrected chi connectivity index (χ2v) is 4.07. The van der Waals surface area contributed by atoms with Crippen LogP contribution in [0, 0.1) is 0 Å². The number of nitrogens with one attached hydrogen (secondary N) is 1. The number of anilines is 1. The Kier molecular flexibility index (Phi) is 2.46. The van der Waals surface area contributed by atoms with Crippen LogP contribution in [0.4, 0.5) is 5.82 Å². The predicted molar refractivity (Wildman–Crippen MR) is 57.0 cm³/mol. The van der Waals surface area contributed by atoms with Gasteiger partial charge in [-0.15, -0.1) is 0 Å². The number of aromatic nitrogens is 2. The average Bonchev–Trinajstić information content (AvgIpc) is 2.97. The molecule has 4 heteroatoms. The van der Waals surface area contributed by atoms with Crippen molar-refractivity contribution in [3.63, 3.8) is 0 Å². The second kappa shape index (κ2) is 3.61. The molecule has 3 N–H and O–H groups in total. The van der Waals surface area contributed by atoms with Crippen molar-refractivity contribution in [1.82, 2.24) is 9.78 Å². The minimum Gasteiger partial charge on any atom is -0.309 e. The first-order chi connectivity index (χ1) is 6.76. The summed E-state index contributed by atoms with van der Waals surface area (Å²) in [6.45, 7) is 4.31. The smallest absolute Gasteiger partial charge is 0.138 e. The van der Waals surface area contributed by atoms with Crippen molar-refractivity contribution in [1.29, 1.82) is 0 Å². The van der Waals surface area contributed by atoms with Crippen LogP contribution in [0.3, 0.4) is 0 Å². The van der Waals surface area contributed by atoms with Gasteiger partial charge in [-0.05, 0) is 26.2 Å². The van der Waals surface area contributed by atoms with Crippen LogP contribution < -0.4 is 11.3 Å². The lowest BCUT2D eigenvalue weighted by Gasteiger charge is -2.12. The number of hydrogen-bond donors (Lipinski definition) is 2. The molecule has 14 heavy (non-hydrogen) atoms. The Hall–Kier alpha value is -1.03. The summed E-state index contributed by atoms with van der Waals surface area (Å²) in [6, 6.07) is 2.48. The van der Waals surface area contributed by atoms with Crippen LogP contribution in [0.25, 0.3) is 0 Å². The molecular weight excluding hydrogens is 176 g/mol. The third-order valence-electron chi connectivity index (χ3n) is 2.91. The van der Waals surface area contributed by atoms with Gasteiger partial charge >= 0.3 is 0 Å². The molecule has 0 aliphatic heterocycles. The molecule has 0 amide bonds. The number of hydrogen-bond acceptors (Lipinski definition) is 3. The molecule has 0 aromatic carbocycles. The van der Waals surface area contributed by atoms with E-state index in [9.17, 15) is 0 Å². The summed E-state index contributed by atoms with van der Waals surface area (Å²) in [5.41, 5.74) is 3.91. The highest BCUT2D eigenvalue weighted by molar-refractivity contribution is 5.38. The van der Waals surface area contributed by atoms with Crippen molar-refractivity contribution in [3.05, 3.63) is 11.8 Å². The monoisotopic (exact) mass is 194 g/mol. The van der Waals surface area contributed by atoms with Crippen molar-refractivity contribution < 1.29 is 0 Å². The largest absolute Gasteiger partial charge is 0.309 e. The summed E-state index contributed by atoms with van der Waals surface area (Å²) in [7, 11) is 0. The van der Waals surface area contributed by atoms with Gasteiger partial charge in [-0.1, -0.05) is 6.92 Å². The molecule has 0 bridgehead atoms. The lowest BCUT2D eigenvalue weighted by Crippen LogP contribution is -2.15. The molecule has 1 fully saturated rings. The molecule has 1 saturated carbocycles. The Morgan fingerprint density at radius 2 is 2.43 bits per heavy atom. The zero-order valence-electron chi connectivity index (χ0n) is 8.83. The van der Waals surface area contributed by atoms with E-state index in [0.717, 1.165) is 12.2 Å². The van der Waals surface area contributed by atoms with E-state index in [4.69, 9.17) is 5.84 Å². The minimum atomic E-state index is 0.411. The molecule has 1 aliphatic rings. The van der Waals surface area contributed by atoms with E-state index in [2.05, 4.69) is 30.4 Å². The van der Waals surface area contributed by atoms with Crippen LogP contribution in [-0.4, -0.2) is 9.78 Å². The highest BCUT2D eigenvalue weighted by atomic mass is 15.4. The van der Waals surface area contributed by atoms with Gasteiger partial charge in [0.25, 0.3) is 0 Å². The summed E-state index contributed by atoms with van der Waals surface area (Å²) < 4.78 is 1.99. The molecule has 0 spiro atoms. The van der Waals surface area contributed by atoms with Gasteiger partial charge in [0.1, 0.15) is 5.82 Å². The molecule has 1 aliphatic carbocycles. The first-order valence-electron chi connectivity index (χ1n) is 5.32. The molecule has 0 saturated heterocycles. The van der Waals surface area contributed by atoms with E-state index >= 15 is 0 Å². The van der Waals surface area contributed by atoms with Gasteiger partial charge in [0, 0.05) is 12.0 Å². The van der Waals surface area contributed by atoms with Crippen molar-refractivity contribution in [2.45, 2.75) is 45.1 Å². The van der Waals surface area contributed by atoms with Crippen LogP contribution in [0.15, 0.2) is 6.07 Å². The Morgan fingerprint density at radius 1 is 1.71 bits per heavy atom. The maximum atomic E-state index is 5.47. The Balaban J connectivity index is 2.26. The Morgan fingerprint density at radius 3 is 2.93 bits per heavy atom. The lowest BCUT2D eigenvalue weighted by molar-refractivity contribution is 0.479. The average molecular weight is 194 g/mol. The van der Waals surface area contributed by atoms with Crippen molar-refractivity contribution in [2.75, 3.05) is 5.43 Å². The van der Waals surface area contributed by atoms with Gasteiger partial charge < -0.3 is 5.43 Å². The molecule has 1 unspecified atom stereocenters. The van der Waals surface area contributed by atoms with E-state index in [0.29, 0.717) is 12.0 Å². The van der Waals surface area contributed by atoms with Crippen molar-refractivity contribution >= 4 is 5.82 Å². The summed E-state index contributed by atoms with van der Waals surface area (Å²) in [5.74, 6) is 7.09. The number of nitrogens with two attached hydrogens (primary N) is 1. The van der Waals surface area contributed by atoms with E-state index in [1.807, 2.05) is 4.68 Å². The topological polar surface area (TPSA) is 55.9 Å². The third kappa shape index (κ3) is 1.62.